The normalized spacial score (nSPS) is 13.4. The van der Waals surface area contributed by atoms with E-state index in [-0.39, 0.29) is 17.9 Å². The van der Waals surface area contributed by atoms with Crippen LogP contribution in [0.5, 0.6) is 11.5 Å². The van der Waals surface area contributed by atoms with Crippen molar-refractivity contribution in [3.8, 4) is 11.5 Å². The molecule has 1 heterocycles. The lowest BCUT2D eigenvalue weighted by Gasteiger charge is -2.21. The molecule has 0 saturated heterocycles. The molecule has 3 nitrogen and oxygen atoms in total. The molecule has 0 unspecified atom stereocenters. The summed E-state index contributed by atoms with van der Waals surface area (Å²) < 4.78 is 10.9. The molecule has 0 amide bonds. The average molecular weight is 258 g/mol. The number of nitrogens with two attached hydrogens (primary N) is 1. The number of benzene rings is 1. The van der Waals surface area contributed by atoms with E-state index in [2.05, 4.69) is 13.0 Å². The number of ether oxygens (including phenoxy) is 2. The number of fused-ring (bicyclic) bond motifs is 1. The molecular formula is C13H20ClNO2. The van der Waals surface area contributed by atoms with Gasteiger partial charge in [-0.1, -0.05) is 13.0 Å². The van der Waals surface area contributed by atoms with Gasteiger partial charge < -0.3 is 15.2 Å². The van der Waals surface area contributed by atoms with E-state index in [1.54, 1.807) is 0 Å². The molecule has 0 aliphatic carbocycles. The summed E-state index contributed by atoms with van der Waals surface area (Å²) in [7, 11) is 0. The Morgan fingerprint density at radius 3 is 2.59 bits per heavy atom. The molecule has 1 aliphatic heterocycles. The summed E-state index contributed by atoms with van der Waals surface area (Å²) in [4.78, 5) is 0. The van der Waals surface area contributed by atoms with E-state index in [4.69, 9.17) is 15.2 Å². The van der Waals surface area contributed by atoms with Crippen LogP contribution in [0.1, 0.15) is 31.9 Å². The van der Waals surface area contributed by atoms with Gasteiger partial charge in [0.15, 0.2) is 11.5 Å². The lowest BCUT2D eigenvalue weighted by molar-refractivity contribution is 0.173. The van der Waals surface area contributed by atoms with Gasteiger partial charge in [0.2, 0.25) is 6.79 Å². The summed E-state index contributed by atoms with van der Waals surface area (Å²) in [5.41, 5.74) is 8.36. The maximum Gasteiger partial charge on any atom is 0.231 e. The molecule has 1 aliphatic rings. The van der Waals surface area contributed by atoms with Crippen molar-refractivity contribution in [3.05, 3.63) is 23.3 Å². The monoisotopic (exact) mass is 257 g/mol. The van der Waals surface area contributed by atoms with Gasteiger partial charge in [-0.2, -0.15) is 0 Å². The van der Waals surface area contributed by atoms with Crippen molar-refractivity contribution in [1.82, 2.24) is 0 Å². The smallest absolute Gasteiger partial charge is 0.231 e. The highest BCUT2D eigenvalue weighted by atomic mass is 35.5. The molecule has 0 atom stereocenters. The number of rotatable bonds is 3. The standard InChI is InChI=1S/C13H19NO2.ClH/c1-4-10-9(7-13(2,3)14)5-6-11-12(10)16-8-15-11;/h5-6H,4,7-8,14H2,1-3H3;1H. The van der Waals surface area contributed by atoms with E-state index in [0.717, 1.165) is 24.3 Å². The molecule has 4 heteroatoms. The summed E-state index contributed by atoms with van der Waals surface area (Å²) in [5, 5.41) is 0. The zero-order chi connectivity index (χ0) is 11.8. The molecule has 0 bridgehead atoms. The van der Waals surface area contributed by atoms with Crippen molar-refractivity contribution in [2.45, 2.75) is 39.2 Å². The topological polar surface area (TPSA) is 44.5 Å². The van der Waals surface area contributed by atoms with Crippen molar-refractivity contribution in [2.24, 2.45) is 5.73 Å². The molecule has 17 heavy (non-hydrogen) atoms. The highest BCUT2D eigenvalue weighted by molar-refractivity contribution is 5.85. The van der Waals surface area contributed by atoms with Gasteiger partial charge in [-0.15, -0.1) is 12.4 Å². The molecule has 2 rings (SSSR count). The molecule has 0 radical (unpaired) electrons. The third-order valence-corrected chi connectivity index (χ3v) is 2.74. The Morgan fingerprint density at radius 2 is 2.00 bits per heavy atom. The predicted molar refractivity (Wildman–Crippen MR) is 71.2 cm³/mol. The van der Waals surface area contributed by atoms with Gasteiger partial charge in [-0.25, -0.2) is 0 Å². The van der Waals surface area contributed by atoms with Crippen LogP contribution in [-0.2, 0) is 12.8 Å². The number of hydrogen-bond acceptors (Lipinski definition) is 3. The molecule has 2 N–H and O–H groups in total. The zero-order valence-corrected chi connectivity index (χ0v) is 11.4. The SMILES string of the molecule is CCc1c(CC(C)(C)N)ccc2c1OCO2.Cl. The minimum atomic E-state index is -0.197. The van der Waals surface area contributed by atoms with Gasteiger partial charge in [0.25, 0.3) is 0 Å². The largest absolute Gasteiger partial charge is 0.454 e. The Morgan fingerprint density at radius 1 is 1.29 bits per heavy atom. The molecule has 0 spiro atoms. The Labute approximate surface area is 109 Å². The predicted octanol–water partition coefficient (Wildman–Crippen LogP) is 2.68. The second-order valence-electron chi connectivity index (χ2n) is 4.96. The van der Waals surface area contributed by atoms with Crippen LogP contribution < -0.4 is 15.2 Å². The first-order valence-corrected chi connectivity index (χ1v) is 5.70. The lowest BCUT2D eigenvalue weighted by Crippen LogP contribution is -2.34. The molecule has 0 saturated carbocycles. The lowest BCUT2D eigenvalue weighted by atomic mass is 9.91. The summed E-state index contributed by atoms with van der Waals surface area (Å²) in [6.45, 7) is 6.54. The quantitative estimate of drug-likeness (QED) is 0.906. The van der Waals surface area contributed by atoms with Gasteiger partial charge >= 0.3 is 0 Å². The molecule has 1 aromatic carbocycles. The fraction of sp³-hybridized carbons (Fsp3) is 0.538. The van der Waals surface area contributed by atoms with E-state index in [0.29, 0.717) is 6.79 Å². The minimum absolute atomic E-state index is 0. The van der Waals surface area contributed by atoms with Gasteiger partial charge in [0.05, 0.1) is 0 Å². The Balaban J connectivity index is 0.00000144. The van der Waals surface area contributed by atoms with Crippen LogP contribution in [0.25, 0.3) is 0 Å². The summed E-state index contributed by atoms with van der Waals surface area (Å²) in [5.74, 6) is 1.76. The summed E-state index contributed by atoms with van der Waals surface area (Å²) in [6, 6.07) is 4.07. The van der Waals surface area contributed by atoms with Crippen molar-refractivity contribution < 1.29 is 9.47 Å². The van der Waals surface area contributed by atoms with Crippen molar-refractivity contribution in [3.63, 3.8) is 0 Å². The fourth-order valence-electron chi connectivity index (χ4n) is 2.11. The second-order valence-corrected chi connectivity index (χ2v) is 4.96. The second kappa shape index (κ2) is 5.15. The number of halogens is 1. The Kier molecular flexibility index (Phi) is 4.28. The highest BCUT2D eigenvalue weighted by Gasteiger charge is 2.22. The molecular weight excluding hydrogens is 238 g/mol. The van der Waals surface area contributed by atoms with Crippen LogP contribution in [0, 0.1) is 0 Å². The average Bonchev–Trinajstić information content (AvgIpc) is 2.62. The van der Waals surface area contributed by atoms with Crippen molar-refractivity contribution >= 4 is 12.4 Å². The van der Waals surface area contributed by atoms with Gasteiger partial charge in [0, 0.05) is 11.1 Å². The van der Waals surface area contributed by atoms with E-state index in [1.165, 1.54) is 11.1 Å². The Hall–Kier alpha value is -0.930. The Bertz CT molecular complexity index is 399. The maximum atomic E-state index is 6.06. The van der Waals surface area contributed by atoms with E-state index in [9.17, 15) is 0 Å². The molecule has 1 aromatic rings. The van der Waals surface area contributed by atoms with E-state index < -0.39 is 0 Å². The highest BCUT2D eigenvalue weighted by Crippen LogP contribution is 2.38. The van der Waals surface area contributed by atoms with E-state index >= 15 is 0 Å². The van der Waals surface area contributed by atoms with Gasteiger partial charge in [-0.05, 0) is 38.3 Å². The fourth-order valence-corrected chi connectivity index (χ4v) is 2.11. The minimum Gasteiger partial charge on any atom is -0.454 e. The number of hydrogen-bond donors (Lipinski definition) is 1. The van der Waals surface area contributed by atoms with Crippen LogP contribution >= 0.6 is 12.4 Å². The van der Waals surface area contributed by atoms with Gasteiger partial charge in [0.1, 0.15) is 0 Å². The third-order valence-electron chi connectivity index (χ3n) is 2.74. The summed E-state index contributed by atoms with van der Waals surface area (Å²) >= 11 is 0. The molecule has 0 fully saturated rings. The van der Waals surface area contributed by atoms with Crippen LogP contribution in [0.15, 0.2) is 12.1 Å². The van der Waals surface area contributed by atoms with Gasteiger partial charge in [-0.3, -0.25) is 0 Å². The van der Waals surface area contributed by atoms with Crippen molar-refractivity contribution in [2.75, 3.05) is 6.79 Å². The molecule has 96 valence electrons. The van der Waals surface area contributed by atoms with Crippen LogP contribution in [0.2, 0.25) is 0 Å². The van der Waals surface area contributed by atoms with Crippen LogP contribution in [0.3, 0.4) is 0 Å². The first-order chi connectivity index (χ1) is 7.51. The summed E-state index contributed by atoms with van der Waals surface area (Å²) in [6.07, 6.45) is 1.80. The first-order valence-electron chi connectivity index (χ1n) is 5.70. The third kappa shape index (κ3) is 3.05. The maximum absolute atomic E-state index is 6.06. The van der Waals surface area contributed by atoms with Crippen molar-refractivity contribution in [1.29, 1.82) is 0 Å². The first kappa shape index (κ1) is 14.1. The van der Waals surface area contributed by atoms with Crippen LogP contribution in [-0.4, -0.2) is 12.3 Å². The van der Waals surface area contributed by atoms with E-state index in [1.807, 2.05) is 19.9 Å². The van der Waals surface area contributed by atoms with Crippen LogP contribution in [0.4, 0.5) is 0 Å². The molecule has 0 aromatic heterocycles. The zero-order valence-electron chi connectivity index (χ0n) is 10.6.